The van der Waals surface area contributed by atoms with Gasteiger partial charge >= 0.3 is 0 Å². The topological polar surface area (TPSA) is 99.7 Å². The maximum absolute atomic E-state index is 13.8. The fourth-order valence-corrected chi connectivity index (χ4v) is 5.18. The molecule has 9 nitrogen and oxygen atoms in total. The van der Waals surface area contributed by atoms with Crippen LogP contribution in [0, 0.1) is 12.8 Å². The molecule has 2 N–H and O–H groups in total. The smallest absolute Gasteiger partial charge is 0.233 e. The molecule has 1 aromatic carbocycles. The fourth-order valence-electron chi connectivity index (χ4n) is 5.18. The number of nitrogens with zero attached hydrogens (tertiary/aromatic N) is 4. The number of rotatable bonds is 4. The van der Waals surface area contributed by atoms with Gasteiger partial charge in [-0.05, 0) is 50.9 Å². The summed E-state index contributed by atoms with van der Waals surface area (Å²) in [5.74, 6) is -0.105. The van der Waals surface area contributed by atoms with E-state index in [0.717, 1.165) is 37.2 Å². The molecule has 0 bridgehead atoms. The Kier molecular flexibility index (Phi) is 6.47. The van der Waals surface area contributed by atoms with Gasteiger partial charge in [-0.1, -0.05) is 18.2 Å². The summed E-state index contributed by atoms with van der Waals surface area (Å²) in [4.78, 5) is 31.4. The summed E-state index contributed by atoms with van der Waals surface area (Å²) in [6.07, 6.45) is 1.93. The number of piperidine rings is 1. The maximum Gasteiger partial charge on any atom is 0.233 e. The van der Waals surface area contributed by atoms with Crippen molar-refractivity contribution >= 4 is 29.0 Å². The SMILES string of the molecule is Cc1ccccc1N1c2nnc(N3CCOCC3)cc2C(=O)C(C(=O)NC2CCCNC2)C1C. The molecule has 3 aliphatic rings. The molecule has 0 radical (unpaired) electrons. The second-order valence-corrected chi connectivity index (χ2v) is 9.33. The molecule has 9 heteroatoms. The number of fused-ring (bicyclic) bond motifs is 1. The van der Waals surface area contributed by atoms with Crippen molar-refractivity contribution < 1.29 is 14.3 Å². The van der Waals surface area contributed by atoms with Gasteiger partial charge in [0.05, 0.1) is 24.8 Å². The molecule has 5 rings (SSSR count). The Hall–Kier alpha value is -3.04. The molecule has 0 aliphatic carbocycles. The van der Waals surface area contributed by atoms with Gasteiger partial charge in [-0.15, -0.1) is 10.2 Å². The standard InChI is InChI=1S/C25H32N6O3/c1-16-6-3-4-8-20(16)31-17(2)22(25(33)27-18-7-5-9-26-15-18)23(32)19-14-21(28-29-24(19)31)30-10-12-34-13-11-30/h3-4,6,8,14,17-18,22,26H,5,7,9-13,15H2,1-2H3,(H,27,33). The minimum Gasteiger partial charge on any atom is -0.378 e. The number of ketones is 1. The van der Waals surface area contributed by atoms with Crippen LogP contribution in [0.15, 0.2) is 30.3 Å². The van der Waals surface area contributed by atoms with Gasteiger partial charge in [0, 0.05) is 31.4 Å². The number of aryl methyl sites for hydroxylation is 1. The summed E-state index contributed by atoms with van der Waals surface area (Å²) in [7, 11) is 0. The Bertz CT molecular complexity index is 1060. The lowest BCUT2D eigenvalue weighted by Crippen LogP contribution is -2.55. The Morgan fingerprint density at radius 3 is 2.74 bits per heavy atom. The molecule has 4 heterocycles. The highest BCUT2D eigenvalue weighted by atomic mass is 16.5. The van der Waals surface area contributed by atoms with E-state index in [1.54, 1.807) is 6.07 Å². The second kappa shape index (κ2) is 9.68. The molecule has 2 fully saturated rings. The summed E-state index contributed by atoms with van der Waals surface area (Å²) < 4.78 is 5.45. The van der Waals surface area contributed by atoms with Crippen LogP contribution in [0.3, 0.4) is 0 Å². The lowest BCUT2D eigenvalue weighted by atomic mass is 9.85. The van der Waals surface area contributed by atoms with Crippen LogP contribution in [-0.2, 0) is 9.53 Å². The number of carbonyl (C=O) groups excluding carboxylic acids is 2. The number of ether oxygens (including phenoxy) is 1. The van der Waals surface area contributed by atoms with Gasteiger partial charge in [0.25, 0.3) is 0 Å². The predicted molar refractivity (Wildman–Crippen MR) is 130 cm³/mol. The van der Waals surface area contributed by atoms with Crippen LogP contribution in [0.2, 0.25) is 0 Å². The molecule has 1 amide bonds. The average Bonchev–Trinajstić information content (AvgIpc) is 2.86. The maximum atomic E-state index is 13.8. The van der Waals surface area contributed by atoms with Gasteiger partial charge in [-0.2, -0.15) is 0 Å². The van der Waals surface area contributed by atoms with Gasteiger partial charge in [-0.3, -0.25) is 9.59 Å². The van der Waals surface area contributed by atoms with Crippen molar-refractivity contribution in [3.8, 4) is 0 Å². The van der Waals surface area contributed by atoms with Crippen molar-refractivity contribution in [1.29, 1.82) is 0 Å². The van der Waals surface area contributed by atoms with Crippen molar-refractivity contribution in [3.63, 3.8) is 0 Å². The first-order valence-electron chi connectivity index (χ1n) is 12.1. The summed E-state index contributed by atoms with van der Waals surface area (Å²) in [6, 6.07) is 9.40. The summed E-state index contributed by atoms with van der Waals surface area (Å²) >= 11 is 0. The number of hydrogen-bond acceptors (Lipinski definition) is 8. The third-order valence-corrected chi connectivity index (χ3v) is 7.06. The molecular formula is C25H32N6O3. The molecule has 3 aliphatic heterocycles. The van der Waals surface area contributed by atoms with Gasteiger partial charge < -0.3 is 25.2 Å². The minimum absolute atomic E-state index is 0.0361. The van der Waals surface area contributed by atoms with Gasteiger partial charge in [-0.25, -0.2) is 0 Å². The largest absolute Gasteiger partial charge is 0.378 e. The van der Waals surface area contributed by atoms with Crippen LogP contribution in [0.5, 0.6) is 0 Å². The van der Waals surface area contributed by atoms with E-state index in [1.165, 1.54) is 0 Å². The molecule has 0 saturated carbocycles. The first kappa shape index (κ1) is 22.7. The van der Waals surface area contributed by atoms with Crippen molar-refractivity contribution in [2.45, 2.75) is 38.8 Å². The van der Waals surface area contributed by atoms with E-state index >= 15 is 0 Å². The van der Waals surface area contributed by atoms with E-state index in [2.05, 4.69) is 25.7 Å². The highest BCUT2D eigenvalue weighted by Crippen LogP contribution is 2.40. The number of Topliss-reactive ketones (excluding diaryl/α,β-unsaturated/α-hetero) is 1. The Labute approximate surface area is 199 Å². The van der Waals surface area contributed by atoms with E-state index in [-0.39, 0.29) is 17.7 Å². The number of carbonyl (C=O) groups is 2. The second-order valence-electron chi connectivity index (χ2n) is 9.33. The Morgan fingerprint density at radius 1 is 1.21 bits per heavy atom. The van der Waals surface area contributed by atoms with Gasteiger partial charge in [0.2, 0.25) is 5.91 Å². The monoisotopic (exact) mass is 464 g/mol. The first-order chi connectivity index (χ1) is 16.5. The van der Waals surface area contributed by atoms with E-state index in [9.17, 15) is 9.59 Å². The van der Waals surface area contributed by atoms with Crippen LogP contribution >= 0.6 is 0 Å². The normalized spacial score (nSPS) is 25.1. The molecule has 34 heavy (non-hydrogen) atoms. The average molecular weight is 465 g/mol. The number of hydrogen-bond donors (Lipinski definition) is 2. The minimum atomic E-state index is -0.837. The third-order valence-electron chi connectivity index (χ3n) is 7.06. The molecule has 2 aromatic rings. The summed E-state index contributed by atoms with van der Waals surface area (Å²) in [5.41, 5.74) is 2.42. The highest BCUT2D eigenvalue weighted by molar-refractivity contribution is 6.15. The molecule has 1 aromatic heterocycles. The number of amides is 1. The zero-order chi connectivity index (χ0) is 23.7. The number of para-hydroxylation sites is 1. The lowest BCUT2D eigenvalue weighted by Gasteiger charge is -2.40. The first-order valence-corrected chi connectivity index (χ1v) is 12.1. The number of anilines is 3. The van der Waals surface area contributed by atoms with Crippen LogP contribution in [0.1, 0.15) is 35.7 Å². The highest BCUT2D eigenvalue weighted by Gasteiger charge is 2.45. The summed E-state index contributed by atoms with van der Waals surface area (Å²) in [6.45, 7) is 8.24. The molecule has 0 spiro atoms. The molecular weight excluding hydrogens is 432 g/mol. The lowest BCUT2D eigenvalue weighted by molar-refractivity contribution is -0.124. The van der Waals surface area contributed by atoms with E-state index in [4.69, 9.17) is 4.74 Å². The van der Waals surface area contributed by atoms with Crippen LogP contribution in [-0.4, -0.2) is 73.4 Å². The summed E-state index contributed by atoms with van der Waals surface area (Å²) in [5, 5.41) is 15.5. The van der Waals surface area contributed by atoms with Crippen molar-refractivity contribution in [3.05, 3.63) is 41.5 Å². The van der Waals surface area contributed by atoms with E-state index in [1.807, 2.05) is 43.0 Å². The number of aromatic nitrogens is 2. The number of nitrogens with one attached hydrogen (secondary N) is 2. The van der Waals surface area contributed by atoms with Crippen LogP contribution in [0.25, 0.3) is 0 Å². The predicted octanol–water partition coefficient (Wildman–Crippen LogP) is 1.83. The van der Waals surface area contributed by atoms with Crippen molar-refractivity contribution in [2.75, 3.05) is 49.2 Å². The Balaban J connectivity index is 1.54. The quantitative estimate of drug-likeness (QED) is 0.662. The fraction of sp³-hybridized carbons (Fsp3) is 0.520. The van der Waals surface area contributed by atoms with Crippen molar-refractivity contribution in [1.82, 2.24) is 20.8 Å². The number of benzene rings is 1. The van der Waals surface area contributed by atoms with E-state index < -0.39 is 12.0 Å². The van der Waals surface area contributed by atoms with Crippen molar-refractivity contribution in [2.24, 2.45) is 5.92 Å². The molecule has 3 atom stereocenters. The molecule has 180 valence electrons. The molecule has 3 unspecified atom stereocenters. The zero-order valence-corrected chi connectivity index (χ0v) is 19.8. The third kappa shape index (κ3) is 4.25. The molecule has 2 saturated heterocycles. The van der Waals surface area contributed by atoms with Gasteiger partial charge in [0.15, 0.2) is 17.4 Å². The van der Waals surface area contributed by atoms with Crippen LogP contribution in [0.4, 0.5) is 17.3 Å². The van der Waals surface area contributed by atoms with Crippen LogP contribution < -0.4 is 20.4 Å². The number of morpholine rings is 1. The van der Waals surface area contributed by atoms with Gasteiger partial charge in [0.1, 0.15) is 5.92 Å². The van der Waals surface area contributed by atoms with E-state index in [0.29, 0.717) is 43.5 Å². The Morgan fingerprint density at radius 2 is 2.00 bits per heavy atom. The zero-order valence-electron chi connectivity index (χ0n) is 19.8.